The number of hydrogen-bond acceptors (Lipinski definition) is 1. The average molecular weight is 410 g/mol. The van der Waals surface area contributed by atoms with Gasteiger partial charge < -0.3 is 4.98 Å². The highest BCUT2D eigenvalue weighted by Gasteiger charge is 2.15. The van der Waals surface area contributed by atoms with Gasteiger partial charge in [-0.25, -0.2) is 8.78 Å². The van der Waals surface area contributed by atoms with Crippen LogP contribution in [-0.4, -0.2) is 9.55 Å². The second-order valence-electron chi connectivity index (χ2n) is 4.27. The van der Waals surface area contributed by atoms with Crippen molar-refractivity contribution in [3.05, 3.63) is 55.2 Å². The zero-order chi connectivity index (χ0) is 15.3. The summed E-state index contributed by atoms with van der Waals surface area (Å²) in [6, 6.07) is 5.28. The van der Waals surface area contributed by atoms with E-state index in [0.29, 0.717) is 21.1 Å². The highest BCUT2D eigenvalue weighted by atomic mass is 79.9. The Kier molecular flexibility index (Phi) is 3.81. The molecule has 21 heavy (non-hydrogen) atoms. The average Bonchev–Trinajstić information content (AvgIpc) is 2.70. The van der Waals surface area contributed by atoms with Gasteiger partial charge >= 0.3 is 0 Å². The van der Waals surface area contributed by atoms with Crippen LogP contribution in [-0.2, 0) is 0 Å². The minimum atomic E-state index is -0.737. The Morgan fingerprint density at radius 3 is 2.43 bits per heavy atom. The van der Waals surface area contributed by atoms with E-state index >= 15 is 0 Å². The fraction of sp³-hybridized carbons (Fsp3) is 0. The molecule has 0 fully saturated rings. The zero-order valence-electron chi connectivity index (χ0n) is 10.1. The number of halogens is 5. The monoisotopic (exact) mass is 408 g/mol. The summed E-state index contributed by atoms with van der Waals surface area (Å²) >= 11 is 20.2. The van der Waals surface area contributed by atoms with E-state index in [0.717, 1.165) is 6.07 Å². The van der Waals surface area contributed by atoms with Crippen molar-refractivity contribution in [2.75, 3.05) is 0 Å². The van der Waals surface area contributed by atoms with Gasteiger partial charge in [0.15, 0.2) is 4.77 Å². The molecule has 0 amide bonds. The van der Waals surface area contributed by atoms with Crippen molar-refractivity contribution in [2.45, 2.75) is 0 Å². The molecule has 2 aromatic carbocycles. The maximum atomic E-state index is 14.1. The predicted molar refractivity (Wildman–Crippen MR) is 86.1 cm³/mol. The molecule has 108 valence electrons. The maximum absolute atomic E-state index is 14.1. The van der Waals surface area contributed by atoms with Crippen molar-refractivity contribution in [1.82, 2.24) is 9.55 Å². The van der Waals surface area contributed by atoms with E-state index in [1.54, 1.807) is 12.1 Å². The molecule has 3 rings (SSSR count). The molecule has 0 radical (unpaired) electrons. The topological polar surface area (TPSA) is 20.7 Å². The van der Waals surface area contributed by atoms with Crippen LogP contribution in [0, 0.1) is 16.4 Å². The van der Waals surface area contributed by atoms with Crippen LogP contribution >= 0.6 is 51.3 Å². The zero-order valence-corrected chi connectivity index (χ0v) is 14.0. The summed E-state index contributed by atoms with van der Waals surface area (Å²) in [5, 5.41) is 0.668. The van der Waals surface area contributed by atoms with E-state index < -0.39 is 11.6 Å². The van der Waals surface area contributed by atoms with E-state index in [4.69, 9.17) is 35.4 Å². The third kappa shape index (κ3) is 2.50. The van der Waals surface area contributed by atoms with Crippen LogP contribution in [0.4, 0.5) is 8.78 Å². The lowest BCUT2D eigenvalue weighted by Crippen LogP contribution is -1.99. The first-order valence-corrected chi connectivity index (χ1v) is 7.59. The summed E-state index contributed by atoms with van der Waals surface area (Å²) in [6.45, 7) is 0. The number of imidazole rings is 1. The molecular weight excluding hydrogens is 405 g/mol. The van der Waals surface area contributed by atoms with Crippen molar-refractivity contribution >= 4 is 62.4 Å². The van der Waals surface area contributed by atoms with Crippen molar-refractivity contribution in [2.24, 2.45) is 0 Å². The van der Waals surface area contributed by atoms with Gasteiger partial charge in [-0.2, -0.15) is 0 Å². The summed E-state index contributed by atoms with van der Waals surface area (Å²) in [5.74, 6) is -1.43. The summed E-state index contributed by atoms with van der Waals surface area (Å²) in [7, 11) is 0. The van der Waals surface area contributed by atoms with Crippen LogP contribution in [0.5, 0.6) is 0 Å². The Hall–Kier alpha value is -0.950. The number of aromatic nitrogens is 2. The normalized spacial score (nSPS) is 11.3. The van der Waals surface area contributed by atoms with Crippen LogP contribution in [0.2, 0.25) is 10.0 Å². The van der Waals surface area contributed by atoms with Crippen molar-refractivity contribution in [1.29, 1.82) is 0 Å². The van der Waals surface area contributed by atoms with Gasteiger partial charge in [-0.1, -0.05) is 23.2 Å². The van der Waals surface area contributed by atoms with Gasteiger partial charge in [0, 0.05) is 6.07 Å². The molecule has 0 bridgehead atoms. The minimum absolute atomic E-state index is 0.109. The smallest absolute Gasteiger partial charge is 0.182 e. The third-order valence-electron chi connectivity index (χ3n) is 2.95. The standard InChI is InChI=1S/C13H5BrCl2F2N2S/c14-5-1-11(9(18)4-8(5)17)20-12-3-7(16)6(15)2-10(12)19-13(20)21/h1-4H,(H,19,21). The highest BCUT2D eigenvalue weighted by Crippen LogP contribution is 2.31. The number of nitrogens with one attached hydrogen (secondary N) is 1. The molecule has 0 aliphatic heterocycles. The SMILES string of the molecule is Fc1cc(F)c(-n2c(=S)[nH]c3cc(Cl)c(Cl)cc32)cc1Br. The quantitative estimate of drug-likeness (QED) is 0.384. The first kappa shape index (κ1) is 15.0. The Morgan fingerprint density at radius 1 is 1.05 bits per heavy atom. The Morgan fingerprint density at radius 2 is 1.71 bits per heavy atom. The van der Waals surface area contributed by atoms with Gasteiger partial charge in [0.1, 0.15) is 11.6 Å². The first-order chi connectivity index (χ1) is 9.88. The van der Waals surface area contributed by atoms with E-state index in [1.807, 2.05) is 0 Å². The molecule has 0 atom stereocenters. The largest absolute Gasteiger partial charge is 0.330 e. The van der Waals surface area contributed by atoms with Crippen molar-refractivity contribution < 1.29 is 8.78 Å². The van der Waals surface area contributed by atoms with Crippen LogP contribution in [0.25, 0.3) is 16.7 Å². The molecule has 1 heterocycles. The van der Waals surface area contributed by atoms with Gasteiger partial charge in [-0.05, 0) is 46.3 Å². The molecule has 0 unspecified atom stereocenters. The van der Waals surface area contributed by atoms with Crippen LogP contribution < -0.4 is 0 Å². The summed E-state index contributed by atoms with van der Waals surface area (Å²) in [5.41, 5.74) is 1.26. The minimum Gasteiger partial charge on any atom is -0.330 e. The fourth-order valence-electron chi connectivity index (χ4n) is 2.02. The Balaban J connectivity index is 2.40. The van der Waals surface area contributed by atoms with Gasteiger partial charge in [-0.15, -0.1) is 0 Å². The first-order valence-electron chi connectivity index (χ1n) is 5.63. The molecule has 0 aliphatic carbocycles. The van der Waals surface area contributed by atoms with Crippen LogP contribution in [0.3, 0.4) is 0 Å². The van der Waals surface area contributed by atoms with Crippen molar-refractivity contribution in [3.8, 4) is 5.69 Å². The van der Waals surface area contributed by atoms with Crippen LogP contribution in [0.1, 0.15) is 0 Å². The Labute approximate surface area is 141 Å². The maximum Gasteiger partial charge on any atom is 0.182 e. The highest BCUT2D eigenvalue weighted by molar-refractivity contribution is 9.10. The summed E-state index contributed by atoms with van der Waals surface area (Å²) in [6.07, 6.45) is 0. The molecule has 0 saturated carbocycles. The number of hydrogen-bond donors (Lipinski definition) is 1. The lowest BCUT2D eigenvalue weighted by Gasteiger charge is -2.08. The Bertz CT molecular complexity index is 936. The lowest BCUT2D eigenvalue weighted by atomic mass is 10.2. The van der Waals surface area contributed by atoms with Crippen LogP contribution in [0.15, 0.2) is 28.7 Å². The van der Waals surface area contributed by atoms with Gasteiger partial charge in [0.2, 0.25) is 0 Å². The molecule has 1 N–H and O–H groups in total. The third-order valence-corrected chi connectivity index (χ3v) is 4.57. The number of rotatable bonds is 1. The second kappa shape index (κ2) is 5.35. The number of benzene rings is 2. The van der Waals surface area contributed by atoms with Crippen molar-refractivity contribution in [3.63, 3.8) is 0 Å². The number of aromatic amines is 1. The van der Waals surface area contributed by atoms with E-state index in [-0.39, 0.29) is 14.9 Å². The molecule has 0 aliphatic rings. The number of fused-ring (bicyclic) bond motifs is 1. The van der Waals surface area contributed by atoms with Gasteiger partial charge in [0.05, 0.1) is 31.2 Å². The number of H-pyrrole nitrogens is 1. The summed E-state index contributed by atoms with van der Waals surface area (Å²) < 4.78 is 29.3. The predicted octanol–water partition coefficient (Wildman–Crippen LogP) is 6.04. The lowest BCUT2D eigenvalue weighted by molar-refractivity contribution is 0.574. The van der Waals surface area contributed by atoms with Gasteiger partial charge in [0.25, 0.3) is 0 Å². The molecule has 2 nitrogen and oxygen atoms in total. The fourth-order valence-corrected chi connectivity index (χ4v) is 2.98. The summed E-state index contributed by atoms with van der Waals surface area (Å²) in [4.78, 5) is 2.91. The van der Waals surface area contributed by atoms with E-state index in [2.05, 4.69) is 20.9 Å². The molecule has 1 aromatic heterocycles. The van der Waals surface area contributed by atoms with E-state index in [1.165, 1.54) is 10.6 Å². The molecular formula is C13H5BrCl2F2N2S. The molecule has 3 aromatic rings. The molecule has 0 saturated heterocycles. The van der Waals surface area contributed by atoms with Gasteiger partial charge in [-0.3, -0.25) is 4.57 Å². The van der Waals surface area contributed by atoms with E-state index in [9.17, 15) is 8.78 Å². The molecule has 0 spiro atoms. The molecule has 8 heteroatoms. The second-order valence-corrected chi connectivity index (χ2v) is 6.32. The number of nitrogens with zero attached hydrogens (tertiary/aromatic N) is 1.